The van der Waals surface area contributed by atoms with Crippen LogP contribution in [0.1, 0.15) is 46.7 Å². The lowest BCUT2D eigenvalue weighted by Crippen LogP contribution is -2.50. The van der Waals surface area contributed by atoms with Gasteiger partial charge in [-0.2, -0.15) is 0 Å². The Bertz CT molecular complexity index is 1010. The highest BCUT2D eigenvalue weighted by atomic mass is 16.6. The molecule has 0 spiro atoms. The smallest absolute Gasteiger partial charge is 0.239 e. The van der Waals surface area contributed by atoms with Crippen LogP contribution in [0.25, 0.3) is 0 Å². The summed E-state index contributed by atoms with van der Waals surface area (Å²) in [5.41, 5.74) is 11.4. The fraction of sp³-hybridized carbons (Fsp3) is 0.519. The van der Waals surface area contributed by atoms with Crippen molar-refractivity contribution < 1.29 is 19.4 Å². The lowest BCUT2D eigenvalue weighted by molar-refractivity contribution is -0.124. The molecule has 184 valence electrons. The molecular formula is C27H37N3O4. The van der Waals surface area contributed by atoms with E-state index < -0.39 is 18.2 Å². The first kappa shape index (κ1) is 24.5. The van der Waals surface area contributed by atoms with E-state index >= 15 is 0 Å². The number of amides is 1. The highest BCUT2D eigenvalue weighted by Gasteiger charge is 2.33. The minimum atomic E-state index is -0.680. The average molecular weight is 468 g/mol. The molecule has 0 aliphatic carbocycles. The van der Waals surface area contributed by atoms with Crippen molar-refractivity contribution in [2.45, 2.75) is 64.8 Å². The number of ether oxygens (including phenoxy) is 2. The van der Waals surface area contributed by atoms with Crippen molar-refractivity contribution in [2.24, 2.45) is 5.73 Å². The Labute approximate surface area is 202 Å². The van der Waals surface area contributed by atoms with Crippen LogP contribution in [0, 0.1) is 27.7 Å². The Kier molecular flexibility index (Phi) is 7.45. The van der Waals surface area contributed by atoms with Crippen molar-refractivity contribution >= 4 is 5.91 Å². The van der Waals surface area contributed by atoms with Crippen LogP contribution < -0.4 is 20.5 Å². The van der Waals surface area contributed by atoms with Gasteiger partial charge in [0.05, 0.1) is 0 Å². The largest absolute Gasteiger partial charge is 0.486 e. The summed E-state index contributed by atoms with van der Waals surface area (Å²) in [6.07, 6.45) is 0.668. The zero-order valence-electron chi connectivity index (χ0n) is 20.6. The number of hydrogen-bond donors (Lipinski definition) is 3. The van der Waals surface area contributed by atoms with Gasteiger partial charge in [-0.05, 0) is 80.5 Å². The third-order valence-corrected chi connectivity index (χ3v) is 7.27. The molecule has 34 heavy (non-hydrogen) atoms. The van der Waals surface area contributed by atoms with E-state index in [0.717, 1.165) is 59.5 Å². The molecule has 7 heteroatoms. The van der Waals surface area contributed by atoms with Crippen LogP contribution in [0.15, 0.2) is 30.3 Å². The second kappa shape index (κ2) is 10.3. The SMILES string of the molecule is Cc1cc2c(cc1C)OC(C(O)CNC1CCN(C(C(N)=O)c3c(C)cccc3C)CC1)CO2. The molecule has 0 radical (unpaired) electrons. The molecule has 7 nitrogen and oxygen atoms in total. The first-order valence-corrected chi connectivity index (χ1v) is 12.2. The minimum Gasteiger partial charge on any atom is -0.486 e. The van der Waals surface area contributed by atoms with Gasteiger partial charge in [0.2, 0.25) is 5.91 Å². The Morgan fingerprint density at radius 2 is 1.71 bits per heavy atom. The van der Waals surface area contributed by atoms with Gasteiger partial charge in [0, 0.05) is 25.7 Å². The van der Waals surface area contributed by atoms with Gasteiger partial charge in [0.25, 0.3) is 0 Å². The van der Waals surface area contributed by atoms with Gasteiger partial charge in [-0.15, -0.1) is 0 Å². The maximum atomic E-state index is 12.4. The number of likely N-dealkylation sites (tertiary alicyclic amines) is 1. The number of carbonyl (C=O) groups is 1. The second-order valence-electron chi connectivity index (χ2n) is 9.75. The van der Waals surface area contributed by atoms with Gasteiger partial charge >= 0.3 is 0 Å². The van der Waals surface area contributed by atoms with E-state index in [2.05, 4.69) is 10.2 Å². The molecule has 2 aromatic carbocycles. The molecule has 1 saturated heterocycles. The van der Waals surface area contributed by atoms with Crippen LogP contribution in [-0.4, -0.2) is 60.4 Å². The predicted octanol–water partition coefficient (Wildman–Crippen LogP) is 2.70. The third kappa shape index (κ3) is 5.22. The number of aliphatic hydroxyl groups is 1. The Balaban J connectivity index is 1.30. The van der Waals surface area contributed by atoms with Gasteiger partial charge in [0.1, 0.15) is 18.8 Å². The Morgan fingerprint density at radius 1 is 1.09 bits per heavy atom. The molecular weight excluding hydrogens is 430 g/mol. The molecule has 1 amide bonds. The van der Waals surface area contributed by atoms with Crippen LogP contribution >= 0.6 is 0 Å². The number of nitrogens with two attached hydrogens (primary N) is 1. The lowest BCUT2D eigenvalue weighted by Gasteiger charge is -2.38. The number of nitrogens with one attached hydrogen (secondary N) is 1. The number of piperidine rings is 1. The number of aryl methyl sites for hydroxylation is 4. The van der Waals surface area contributed by atoms with Crippen LogP contribution in [-0.2, 0) is 4.79 Å². The summed E-state index contributed by atoms with van der Waals surface area (Å²) in [4.78, 5) is 14.6. The van der Waals surface area contributed by atoms with Crippen molar-refractivity contribution in [2.75, 3.05) is 26.2 Å². The molecule has 3 atom stereocenters. The minimum absolute atomic E-state index is 0.263. The summed E-state index contributed by atoms with van der Waals surface area (Å²) in [5.74, 6) is 1.12. The molecule has 1 fully saturated rings. The Hall–Kier alpha value is -2.61. The van der Waals surface area contributed by atoms with Crippen molar-refractivity contribution in [3.63, 3.8) is 0 Å². The number of carbonyl (C=O) groups excluding carboxylic acids is 1. The number of benzene rings is 2. The van der Waals surface area contributed by atoms with Crippen molar-refractivity contribution in [3.8, 4) is 11.5 Å². The van der Waals surface area contributed by atoms with E-state index in [1.54, 1.807) is 0 Å². The maximum Gasteiger partial charge on any atom is 0.239 e. The monoisotopic (exact) mass is 467 g/mol. The van der Waals surface area contributed by atoms with Crippen LogP contribution in [0.5, 0.6) is 11.5 Å². The number of hydrogen-bond acceptors (Lipinski definition) is 6. The maximum absolute atomic E-state index is 12.4. The van der Waals surface area contributed by atoms with Gasteiger partial charge in [-0.1, -0.05) is 18.2 Å². The number of primary amides is 1. The Morgan fingerprint density at radius 3 is 2.32 bits per heavy atom. The van der Waals surface area contributed by atoms with Crippen molar-refractivity contribution in [3.05, 3.63) is 58.1 Å². The van der Waals surface area contributed by atoms with Crippen molar-refractivity contribution in [1.82, 2.24) is 10.2 Å². The molecule has 2 heterocycles. The lowest BCUT2D eigenvalue weighted by atomic mass is 9.92. The summed E-state index contributed by atoms with van der Waals surface area (Å²) < 4.78 is 11.9. The molecule has 0 aromatic heterocycles. The molecule has 0 bridgehead atoms. The number of fused-ring (bicyclic) bond motifs is 1. The molecule has 4 rings (SSSR count). The van der Waals surface area contributed by atoms with E-state index in [-0.39, 0.29) is 11.9 Å². The fourth-order valence-corrected chi connectivity index (χ4v) is 5.07. The van der Waals surface area contributed by atoms with Crippen LogP contribution in [0.4, 0.5) is 0 Å². The molecule has 4 N–H and O–H groups in total. The van der Waals surface area contributed by atoms with E-state index in [1.807, 2.05) is 58.0 Å². The quantitative estimate of drug-likeness (QED) is 0.579. The van der Waals surface area contributed by atoms with Crippen molar-refractivity contribution in [1.29, 1.82) is 0 Å². The first-order chi connectivity index (χ1) is 16.2. The van der Waals surface area contributed by atoms with Crippen LogP contribution in [0.3, 0.4) is 0 Å². The van der Waals surface area contributed by atoms with Gasteiger partial charge in [0.15, 0.2) is 17.6 Å². The predicted molar refractivity (Wildman–Crippen MR) is 132 cm³/mol. The summed E-state index contributed by atoms with van der Waals surface area (Å²) in [7, 11) is 0. The molecule has 0 saturated carbocycles. The number of aliphatic hydroxyl groups excluding tert-OH is 1. The molecule has 2 aliphatic rings. The topological polar surface area (TPSA) is 97.0 Å². The molecule has 3 unspecified atom stereocenters. The first-order valence-electron chi connectivity index (χ1n) is 12.2. The normalized spacial score (nSPS) is 20.7. The summed E-state index contributed by atoms with van der Waals surface area (Å²) in [5, 5.41) is 14.2. The zero-order valence-corrected chi connectivity index (χ0v) is 20.6. The van der Waals surface area contributed by atoms with Gasteiger partial charge in [-0.3, -0.25) is 9.69 Å². The number of rotatable bonds is 7. The summed E-state index contributed by atoms with van der Waals surface area (Å²) >= 11 is 0. The zero-order chi connectivity index (χ0) is 24.4. The summed E-state index contributed by atoms with van der Waals surface area (Å²) in [6.45, 7) is 10.4. The number of nitrogens with zero attached hydrogens (tertiary/aromatic N) is 1. The van der Waals surface area contributed by atoms with E-state index in [0.29, 0.717) is 18.9 Å². The highest BCUT2D eigenvalue weighted by Crippen LogP contribution is 2.35. The molecule has 2 aliphatic heterocycles. The van der Waals surface area contributed by atoms with Crippen LogP contribution in [0.2, 0.25) is 0 Å². The van der Waals surface area contributed by atoms with E-state index in [9.17, 15) is 9.90 Å². The van der Waals surface area contributed by atoms with Gasteiger partial charge in [-0.25, -0.2) is 0 Å². The highest BCUT2D eigenvalue weighted by molar-refractivity contribution is 5.82. The van der Waals surface area contributed by atoms with E-state index in [1.165, 1.54) is 0 Å². The standard InChI is InChI=1S/C27H37N3O4/c1-16-6-5-7-17(2)25(16)26(27(28)32)30-10-8-20(9-11-30)29-14-21(31)24-15-33-22-12-18(3)19(4)13-23(22)34-24/h5-7,12-13,20-21,24,26,29,31H,8-11,14-15H2,1-4H3,(H2,28,32). The molecule has 2 aromatic rings. The summed E-state index contributed by atoms with van der Waals surface area (Å²) in [6, 6.07) is 9.88. The average Bonchev–Trinajstić information content (AvgIpc) is 2.80. The van der Waals surface area contributed by atoms with E-state index in [4.69, 9.17) is 15.2 Å². The third-order valence-electron chi connectivity index (χ3n) is 7.27. The van der Waals surface area contributed by atoms with Gasteiger partial charge < -0.3 is 25.6 Å². The second-order valence-corrected chi connectivity index (χ2v) is 9.75. The fourth-order valence-electron chi connectivity index (χ4n) is 5.07.